The van der Waals surface area contributed by atoms with Gasteiger partial charge in [0.15, 0.2) is 5.82 Å². The molecule has 0 spiro atoms. The molecule has 0 saturated carbocycles. The fourth-order valence-corrected chi connectivity index (χ4v) is 4.23. The Kier molecular flexibility index (Phi) is 5.18. The molecule has 0 bridgehead atoms. The Morgan fingerprint density at radius 2 is 1.69 bits per heavy atom. The lowest BCUT2D eigenvalue weighted by molar-refractivity contribution is 0.0941. The summed E-state index contributed by atoms with van der Waals surface area (Å²) in [5, 5.41) is 5.94. The lowest BCUT2D eigenvalue weighted by Gasteiger charge is -2.29. The van der Waals surface area contributed by atoms with Crippen molar-refractivity contribution >= 4 is 17.4 Å². The molecule has 1 aromatic heterocycles. The van der Waals surface area contributed by atoms with E-state index in [1.54, 1.807) is 18.2 Å². The number of amides is 1. The number of hydrogen-bond acceptors (Lipinski definition) is 6. The SMILES string of the molecule is Nc1nc(F)c(-c2ccc(N3CCNCC3)cc2)nc1-c1cc(F)c2c(c1)CCNC2=O. The van der Waals surface area contributed by atoms with Crippen molar-refractivity contribution in [2.45, 2.75) is 6.42 Å². The first-order valence-corrected chi connectivity index (χ1v) is 10.5. The van der Waals surface area contributed by atoms with Crippen molar-refractivity contribution < 1.29 is 13.6 Å². The van der Waals surface area contributed by atoms with Crippen molar-refractivity contribution in [1.29, 1.82) is 0 Å². The Bertz CT molecular complexity index is 1190. The number of nitrogens with two attached hydrogens (primary N) is 1. The molecule has 1 saturated heterocycles. The second-order valence-corrected chi connectivity index (χ2v) is 7.88. The fourth-order valence-electron chi connectivity index (χ4n) is 4.23. The molecule has 7 nitrogen and oxygen atoms in total. The second kappa shape index (κ2) is 8.16. The van der Waals surface area contributed by atoms with Crippen molar-refractivity contribution in [3.8, 4) is 22.5 Å². The first-order valence-electron chi connectivity index (χ1n) is 10.5. The number of benzene rings is 2. The van der Waals surface area contributed by atoms with Crippen molar-refractivity contribution in [2.24, 2.45) is 0 Å². The molecule has 3 aromatic rings. The van der Waals surface area contributed by atoms with E-state index in [4.69, 9.17) is 5.73 Å². The smallest absolute Gasteiger partial charge is 0.254 e. The maximum absolute atomic E-state index is 14.7. The number of halogens is 2. The number of carbonyl (C=O) groups excluding carboxylic acids is 1. The molecule has 0 aliphatic carbocycles. The number of anilines is 2. The molecule has 3 heterocycles. The lowest BCUT2D eigenvalue weighted by atomic mass is 9.96. The van der Waals surface area contributed by atoms with Crippen molar-refractivity contribution in [1.82, 2.24) is 20.6 Å². The third kappa shape index (κ3) is 3.64. The zero-order valence-corrected chi connectivity index (χ0v) is 17.3. The molecule has 1 amide bonds. The average Bonchev–Trinajstić information content (AvgIpc) is 2.80. The van der Waals surface area contributed by atoms with Crippen molar-refractivity contribution in [2.75, 3.05) is 43.4 Å². The van der Waals surface area contributed by atoms with Crippen LogP contribution in [0.5, 0.6) is 0 Å². The van der Waals surface area contributed by atoms with Crippen LogP contribution in [0.2, 0.25) is 0 Å². The van der Waals surface area contributed by atoms with Gasteiger partial charge in [0.25, 0.3) is 5.91 Å². The molecule has 0 atom stereocenters. The number of fused-ring (bicyclic) bond motifs is 1. The topological polar surface area (TPSA) is 96.2 Å². The number of aromatic nitrogens is 2. The van der Waals surface area contributed by atoms with Gasteiger partial charge in [-0.05, 0) is 36.2 Å². The van der Waals surface area contributed by atoms with Crippen molar-refractivity contribution in [3.05, 3.63) is 59.3 Å². The van der Waals surface area contributed by atoms with E-state index in [1.807, 2.05) is 12.1 Å². The summed E-state index contributed by atoms with van der Waals surface area (Å²) in [6.07, 6.45) is 0.487. The molecule has 5 rings (SSSR count). The Morgan fingerprint density at radius 1 is 0.938 bits per heavy atom. The van der Waals surface area contributed by atoms with Gasteiger partial charge < -0.3 is 21.3 Å². The van der Waals surface area contributed by atoms with Gasteiger partial charge in [0.2, 0.25) is 5.95 Å². The Labute approximate surface area is 183 Å². The number of rotatable bonds is 3. The molecule has 9 heteroatoms. The minimum absolute atomic E-state index is 0.0253. The molecule has 2 aromatic carbocycles. The number of hydrogen-bond donors (Lipinski definition) is 3. The van der Waals surface area contributed by atoms with Crippen LogP contribution < -0.4 is 21.3 Å². The predicted molar refractivity (Wildman–Crippen MR) is 118 cm³/mol. The Hall–Kier alpha value is -3.59. The van der Waals surface area contributed by atoms with Gasteiger partial charge >= 0.3 is 0 Å². The van der Waals surface area contributed by atoms with E-state index in [2.05, 4.69) is 25.5 Å². The van der Waals surface area contributed by atoms with Crippen LogP contribution in [0.4, 0.5) is 20.3 Å². The number of nitrogens with one attached hydrogen (secondary N) is 2. The predicted octanol–water partition coefficient (Wildman–Crippen LogP) is 2.37. The Morgan fingerprint density at radius 3 is 2.44 bits per heavy atom. The largest absolute Gasteiger partial charge is 0.382 e. The quantitative estimate of drug-likeness (QED) is 0.584. The summed E-state index contributed by atoms with van der Waals surface area (Å²) in [6, 6.07) is 10.3. The summed E-state index contributed by atoms with van der Waals surface area (Å²) in [4.78, 5) is 22.5. The molecule has 2 aliphatic rings. The van der Waals surface area contributed by atoms with Crippen LogP contribution in [0.3, 0.4) is 0 Å². The zero-order valence-electron chi connectivity index (χ0n) is 17.3. The lowest BCUT2D eigenvalue weighted by Crippen LogP contribution is -2.43. The van der Waals surface area contributed by atoms with Crippen LogP contribution in [0, 0.1) is 11.8 Å². The molecule has 1 fully saturated rings. The minimum Gasteiger partial charge on any atom is -0.382 e. The Balaban J connectivity index is 1.53. The molecule has 2 aliphatic heterocycles. The average molecular weight is 436 g/mol. The summed E-state index contributed by atoms with van der Waals surface area (Å²) in [7, 11) is 0. The van der Waals surface area contributed by atoms with Crippen LogP contribution in [0.1, 0.15) is 15.9 Å². The number of nitrogen functional groups attached to an aromatic ring is 1. The van der Waals surface area contributed by atoms with E-state index in [9.17, 15) is 13.6 Å². The van der Waals surface area contributed by atoms with Gasteiger partial charge in [-0.1, -0.05) is 12.1 Å². The van der Waals surface area contributed by atoms with Crippen LogP contribution in [-0.2, 0) is 6.42 Å². The number of piperazine rings is 1. The van der Waals surface area contributed by atoms with E-state index in [0.29, 0.717) is 29.7 Å². The summed E-state index contributed by atoms with van der Waals surface area (Å²) in [5.41, 5.74) is 8.72. The fraction of sp³-hybridized carbons (Fsp3) is 0.261. The highest BCUT2D eigenvalue weighted by atomic mass is 19.1. The molecular weight excluding hydrogens is 414 g/mol. The minimum atomic E-state index is -0.793. The van der Waals surface area contributed by atoms with Gasteiger partial charge in [-0.25, -0.2) is 9.37 Å². The van der Waals surface area contributed by atoms with Gasteiger partial charge in [0.05, 0.1) is 5.56 Å². The third-order valence-electron chi connectivity index (χ3n) is 5.86. The maximum Gasteiger partial charge on any atom is 0.254 e. The highest BCUT2D eigenvalue weighted by Gasteiger charge is 2.24. The normalized spacial score (nSPS) is 15.9. The van der Waals surface area contributed by atoms with E-state index in [1.165, 1.54) is 6.07 Å². The summed E-state index contributed by atoms with van der Waals surface area (Å²) in [6.45, 7) is 4.07. The summed E-state index contributed by atoms with van der Waals surface area (Å²) < 4.78 is 29.4. The highest BCUT2D eigenvalue weighted by Crippen LogP contribution is 2.32. The molecule has 0 unspecified atom stereocenters. The molecule has 0 radical (unpaired) electrons. The molecule has 32 heavy (non-hydrogen) atoms. The number of nitrogens with zero attached hydrogens (tertiary/aromatic N) is 3. The van der Waals surface area contributed by atoms with Gasteiger partial charge in [-0.15, -0.1) is 0 Å². The van der Waals surface area contributed by atoms with Crippen LogP contribution in [0.25, 0.3) is 22.5 Å². The molecular formula is C23H22F2N6O. The van der Waals surface area contributed by atoms with Crippen molar-refractivity contribution in [3.63, 3.8) is 0 Å². The molecule has 164 valence electrons. The van der Waals surface area contributed by atoms with E-state index in [-0.39, 0.29) is 22.8 Å². The second-order valence-electron chi connectivity index (χ2n) is 7.88. The zero-order chi connectivity index (χ0) is 22.2. The van der Waals surface area contributed by atoms with Crippen LogP contribution >= 0.6 is 0 Å². The van der Waals surface area contributed by atoms with Crippen LogP contribution in [-0.4, -0.2) is 48.6 Å². The van der Waals surface area contributed by atoms with E-state index >= 15 is 0 Å². The first-order chi connectivity index (χ1) is 15.5. The van der Waals surface area contributed by atoms with Gasteiger partial charge in [0.1, 0.15) is 17.2 Å². The third-order valence-corrected chi connectivity index (χ3v) is 5.86. The van der Waals surface area contributed by atoms with Gasteiger partial charge in [-0.3, -0.25) is 4.79 Å². The first kappa shape index (κ1) is 20.3. The van der Waals surface area contributed by atoms with Gasteiger partial charge in [-0.2, -0.15) is 9.37 Å². The summed E-state index contributed by atoms with van der Waals surface area (Å²) >= 11 is 0. The standard InChI is InChI=1S/C23H22F2N6O/c24-17-12-15(11-14-5-6-28-23(32)18(14)17)20-22(26)30-21(25)19(29-20)13-1-3-16(4-2-13)31-9-7-27-8-10-31/h1-4,11-12,27H,5-10H2,(H2,26,30)(H,28,32). The molecule has 4 N–H and O–H groups in total. The van der Waals surface area contributed by atoms with E-state index < -0.39 is 17.7 Å². The van der Waals surface area contributed by atoms with Crippen LogP contribution in [0.15, 0.2) is 36.4 Å². The number of carbonyl (C=O) groups is 1. The summed E-state index contributed by atoms with van der Waals surface area (Å²) in [5.74, 6) is -2.04. The maximum atomic E-state index is 14.7. The highest BCUT2D eigenvalue weighted by molar-refractivity contribution is 5.97. The monoisotopic (exact) mass is 436 g/mol. The van der Waals surface area contributed by atoms with Gasteiger partial charge in [0, 0.05) is 49.5 Å². The van der Waals surface area contributed by atoms with E-state index in [0.717, 1.165) is 31.9 Å².